The highest BCUT2D eigenvalue weighted by atomic mass is 16.3. The molecule has 0 bridgehead atoms. The van der Waals surface area contributed by atoms with Crippen LogP contribution < -0.4 is 5.32 Å². The van der Waals surface area contributed by atoms with Crippen LogP contribution in [0.5, 0.6) is 0 Å². The Balaban J connectivity index is 1.68. The van der Waals surface area contributed by atoms with Crippen molar-refractivity contribution in [1.29, 1.82) is 0 Å². The molecule has 2 aromatic carbocycles. The minimum absolute atomic E-state index is 0.0814. The van der Waals surface area contributed by atoms with Crippen molar-refractivity contribution in [1.82, 2.24) is 10.2 Å². The average molecular weight is 277 g/mol. The fraction of sp³-hybridized carbons (Fsp3) is 0.118. The first-order chi connectivity index (χ1) is 10.3. The quantitative estimate of drug-likeness (QED) is 0.580. The SMILES string of the molecule is CC(Nc1cccc2[nH]ncc12)c1cc2ccccc2o1. The predicted octanol–water partition coefficient (Wildman–Crippen LogP) is 4.48. The van der Waals surface area contributed by atoms with Gasteiger partial charge in [-0.1, -0.05) is 24.3 Å². The lowest BCUT2D eigenvalue weighted by molar-refractivity contribution is 0.526. The van der Waals surface area contributed by atoms with Gasteiger partial charge in [0.15, 0.2) is 0 Å². The summed E-state index contributed by atoms with van der Waals surface area (Å²) in [5.74, 6) is 0.927. The Morgan fingerprint density at radius 1 is 1.14 bits per heavy atom. The van der Waals surface area contributed by atoms with E-state index in [2.05, 4.69) is 40.6 Å². The first kappa shape index (κ1) is 12.0. The topological polar surface area (TPSA) is 53.9 Å². The molecule has 4 aromatic rings. The molecule has 2 aromatic heterocycles. The zero-order chi connectivity index (χ0) is 14.2. The molecular weight excluding hydrogens is 262 g/mol. The lowest BCUT2D eigenvalue weighted by atomic mass is 10.1. The van der Waals surface area contributed by atoms with E-state index in [1.54, 1.807) is 0 Å². The Morgan fingerprint density at radius 2 is 2.05 bits per heavy atom. The highest BCUT2D eigenvalue weighted by Gasteiger charge is 2.12. The van der Waals surface area contributed by atoms with Gasteiger partial charge >= 0.3 is 0 Å². The van der Waals surface area contributed by atoms with Crippen molar-refractivity contribution < 1.29 is 4.42 Å². The van der Waals surface area contributed by atoms with Crippen LogP contribution in [0.15, 0.2) is 59.1 Å². The zero-order valence-electron chi connectivity index (χ0n) is 11.6. The van der Waals surface area contributed by atoms with E-state index in [0.717, 1.165) is 33.3 Å². The van der Waals surface area contributed by atoms with Crippen molar-refractivity contribution in [2.24, 2.45) is 0 Å². The number of aromatic amines is 1. The van der Waals surface area contributed by atoms with Crippen LogP contribution in [0.4, 0.5) is 5.69 Å². The Kier molecular flexibility index (Phi) is 2.67. The number of benzene rings is 2. The van der Waals surface area contributed by atoms with Crippen LogP contribution in [0, 0.1) is 0 Å². The fourth-order valence-electron chi connectivity index (χ4n) is 2.61. The van der Waals surface area contributed by atoms with E-state index >= 15 is 0 Å². The summed E-state index contributed by atoms with van der Waals surface area (Å²) in [4.78, 5) is 0. The van der Waals surface area contributed by atoms with Gasteiger partial charge in [0.25, 0.3) is 0 Å². The summed E-state index contributed by atoms with van der Waals surface area (Å²) in [7, 11) is 0. The van der Waals surface area contributed by atoms with Crippen molar-refractivity contribution in [2.45, 2.75) is 13.0 Å². The van der Waals surface area contributed by atoms with Crippen LogP contribution in [0.3, 0.4) is 0 Å². The van der Waals surface area contributed by atoms with E-state index in [0.29, 0.717) is 0 Å². The molecule has 2 N–H and O–H groups in total. The van der Waals surface area contributed by atoms with Gasteiger partial charge in [-0.3, -0.25) is 5.10 Å². The predicted molar refractivity (Wildman–Crippen MR) is 84.3 cm³/mol. The first-order valence-corrected chi connectivity index (χ1v) is 6.98. The molecule has 2 heterocycles. The second-order valence-electron chi connectivity index (χ2n) is 5.19. The molecule has 4 nitrogen and oxygen atoms in total. The molecule has 1 atom stereocenters. The van der Waals surface area contributed by atoms with Gasteiger partial charge in [0.1, 0.15) is 11.3 Å². The minimum Gasteiger partial charge on any atom is -0.459 e. The minimum atomic E-state index is 0.0814. The van der Waals surface area contributed by atoms with Crippen molar-refractivity contribution in [2.75, 3.05) is 5.32 Å². The molecule has 104 valence electrons. The molecule has 0 fully saturated rings. The molecule has 0 aliphatic carbocycles. The summed E-state index contributed by atoms with van der Waals surface area (Å²) >= 11 is 0. The number of fused-ring (bicyclic) bond motifs is 2. The van der Waals surface area contributed by atoms with Crippen LogP contribution in [-0.4, -0.2) is 10.2 Å². The van der Waals surface area contributed by atoms with Gasteiger partial charge in [-0.25, -0.2) is 0 Å². The van der Waals surface area contributed by atoms with Crippen molar-refractivity contribution in [3.05, 3.63) is 60.5 Å². The van der Waals surface area contributed by atoms with Gasteiger partial charge in [-0.15, -0.1) is 0 Å². The number of rotatable bonds is 3. The lowest BCUT2D eigenvalue weighted by Crippen LogP contribution is -2.05. The van der Waals surface area contributed by atoms with Gasteiger partial charge in [0.2, 0.25) is 0 Å². The van der Waals surface area contributed by atoms with Crippen LogP contribution in [0.1, 0.15) is 18.7 Å². The third-order valence-electron chi connectivity index (χ3n) is 3.73. The molecule has 0 spiro atoms. The van der Waals surface area contributed by atoms with Gasteiger partial charge in [-0.05, 0) is 31.2 Å². The summed E-state index contributed by atoms with van der Waals surface area (Å²) in [5.41, 5.74) is 2.99. The summed E-state index contributed by atoms with van der Waals surface area (Å²) < 4.78 is 5.91. The van der Waals surface area contributed by atoms with Crippen LogP contribution in [0.25, 0.3) is 21.9 Å². The van der Waals surface area contributed by atoms with E-state index in [1.165, 1.54) is 0 Å². The van der Waals surface area contributed by atoms with Crippen molar-refractivity contribution >= 4 is 27.6 Å². The number of hydrogen-bond acceptors (Lipinski definition) is 3. The Morgan fingerprint density at radius 3 is 2.95 bits per heavy atom. The van der Waals surface area contributed by atoms with Crippen LogP contribution in [-0.2, 0) is 0 Å². The normalized spacial score (nSPS) is 12.8. The molecule has 0 radical (unpaired) electrons. The maximum Gasteiger partial charge on any atom is 0.134 e. The van der Waals surface area contributed by atoms with E-state index in [-0.39, 0.29) is 6.04 Å². The maximum absolute atomic E-state index is 5.91. The molecule has 4 heteroatoms. The smallest absolute Gasteiger partial charge is 0.134 e. The van der Waals surface area contributed by atoms with Crippen LogP contribution >= 0.6 is 0 Å². The van der Waals surface area contributed by atoms with Gasteiger partial charge in [0, 0.05) is 16.5 Å². The molecular formula is C17H15N3O. The average Bonchev–Trinajstić information content (AvgIpc) is 3.14. The monoisotopic (exact) mass is 277 g/mol. The van der Waals surface area contributed by atoms with Gasteiger partial charge in [0.05, 0.1) is 17.8 Å². The maximum atomic E-state index is 5.91. The summed E-state index contributed by atoms with van der Waals surface area (Å²) in [6, 6.07) is 16.3. The number of furan rings is 1. The highest BCUT2D eigenvalue weighted by molar-refractivity contribution is 5.91. The number of nitrogens with one attached hydrogen (secondary N) is 2. The highest BCUT2D eigenvalue weighted by Crippen LogP contribution is 2.28. The zero-order valence-corrected chi connectivity index (χ0v) is 11.6. The molecule has 0 amide bonds. The molecule has 0 saturated heterocycles. The Labute approximate surface area is 121 Å². The second kappa shape index (κ2) is 4.66. The number of H-pyrrole nitrogens is 1. The van der Waals surface area contributed by atoms with E-state index in [9.17, 15) is 0 Å². The molecule has 0 aliphatic rings. The lowest BCUT2D eigenvalue weighted by Gasteiger charge is -2.13. The first-order valence-electron chi connectivity index (χ1n) is 6.98. The molecule has 1 unspecified atom stereocenters. The molecule has 0 saturated carbocycles. The molecule has 4 rings (SSSR count). The van der Waals surface area contributed by atoms with Gasteiger partial charge < -0.3 is 9.73 Å². The number of anilines is 1. The summed E-state index contributed by atoms with van der Waals surface area (Å²) in [5, 5.41) is 12.8. The third kappa shape index (κ3) is 2.05. The van der Waals surface area contributed by atoms with E-state index < -0.39 is 0 Å². The van der Waals surface area contributed by atoms with E-state index in [4.69, 9.17) is 4.42 Å². The standard InChI is InChI=1S/C17H15N3O/c1-11(17-9-12-5-2-3-8-16(12)21-17)19-14-6-4-7-15-13(14)10-18-20-15/h2-11,19H,1H3,(H,18,20). The van der Waals surface area contributed by atoms with Crippen molar-refractivity contribution in [3.63, 3.8) is 0 Å². The largest absolute Gasteiger partial charge is 0.459 e. The summed E-state index contributed by atoms with van der Waals surface area (Å²) in [6.07, 6.45) is 1.84. The number of aromatic nitrogens is 2. The number of hydrogen-bond donors (Lipinski definition) is 2. The van der Waals surface area contributed by atoms with Gasteiger partial charge in [-0.2, -0.15) is 5.10 Å². The Hall–Kier alpha value is -2.75. The number of para-hydroxylation sites is 1. The van der Waals surface area contributed by atoms with Crippen LogP contribution in [0.2, 0.25) is 0 Å². The number of nitrogens with zero attached hydrogens (tertiary/aromatic N) is 1. The summed E-state index contributed by atoms with van der Waals surface area (Å²) in [6.45, 7) is 2.09. The fourth-order valence-corrected chi connectivity index (χ4v) is 2.61. The van der Waals surface area contributed by atoms with E-state index in [1.807, 2.05) is 36.5 Å². The molecule has 0 aliphatic heterocycles. The molecule has 21 heavy (non-hydrogen) atoms. The second-order valence-corrected chi connectivity index (χ2v) is 5.19. The Bertz CT molecular complexity index is 873. The van der Waals surface area contributed by atoms with Crippen molar-refractivity contribution in [3.8, 4) is 0 Å². The third-order valence-corrected chi connectivity index (χ3v) is 3.73.